The minimum atomic E-state index is 0. The summed E-state index contributed by atoms with van der Waals surface area (Å²) < 4.78 is 4.99. The number of guanidine groups is 1. The third-order valence-electron chi connectivity index (χ3n) is 2.66. The number of nitrogens with one attached hydrogen (secondary N) is 2. The summed E-state index contributed by atoms with van der Waals surface area (Å²) in [6, 6.07) is 2.14. The van der Waals surface area contributed by atoms with Crippen molar-refractivity contribution in [2.45, 2.75) is 25.8 Å². The molecule has 0 amide bonds. The number of anilines is 1. The average Bonchev–Trinajstić information content (AvgIpc) is 2.75. The van der Waals surface area contributed by atoms with Crippen LogP contribution in [0, 0.1) is 11.3 Å². The molecule has 0 bridgehead atoms. The van der Waals surface area contributed by atoms with Gasteiger partial charge in [-0.1, -0.05) is 0 Å². The van der Waals surface area contributed by atoms with Crippen LogP contribution in [0.3, 0.4) is 0 Å². The van der Waals surface area contributed by atoms with Crippen LogP contribution in [0.5, 0.6) is 0 Å². The Hall–Kier alpha value is -1.54. The van der Waals surface area contributed by atoms with Gasteiger partial charge in [-0.3, -0.25) is 10.1 Å². The molecule has 0 aliphatic carbocycles. The summed E-state index contributed by atoms with van der Waals surface area (Å²) >= 11 is 0. The summed E-state index contributed by atoms with van der Waals surface area (Å²) in [4.78, 5) is 4.20. The number of aliphatic imine (C=N–C) groups is 1. The van der Waals surface area contributed by atoms with Crippen molar-refractivity contribution in [1.82, 2.24) is 15.5 Å². The second-order valence-corrected chi connectivity index (χ2v) is 4.45. The van der Waals surface area contributed by atoms with E-state index in [1.165, 1.54) is 0 Å². The van der Waals surface area contributed by atoms with Crippen molar-refractivity contribution >= 4 is 35.8 Å². The van der Waals surface area contributed by atoms with E-state index >= 15 is 0 Å². The fraction of sp³-hybridized carbons (Fsp3) is 0.583. The van der Waals surface area contributed by atoms with Crippen molar-refractivity contribution in [1.29, 1.82) is 5.26 Å². The molecule has 9 heteroatoms. The van der Waals surface area contributed by atoms with Gasteiger partial charge in [0.2, 0.25) is 0 Å². The summed E-state index contributed by atoms with van der Waals surface area (Å²) in [5, 5.41) is 18.5. The number of rotatable bonds is 7. The number of hydrogen-bond donors (Lipinski definition) is 4. The maximum absolute atomic E-state index is 8.92. The molecule has 0 aromatic carbocycles. The zero-order valence-corrected chi connectivity index (χ0v) is 14.5. The molecule has 0 aliphatic heterocycles. The number of nitrogen functional groups attached to an aromatic ring is 1. The van der Waals surface area contributed by atoms with Crippen molar-refractivity contribution in [2.75, 3.05) is 26.0 Å². The topological polar surface area (TPSA) is 138 Å². The molecule has 1 heterocycles. The number of aromatic amines is 1. The van der Waals surface area contributed by atoms with Gasteiger partial charge in [0.25, 0.3) is 0 Å². The molecule has 0 aliphatic rings. The van der Waals surface area contributed by atoms with E-state index in [1.807, 2.05) is 13.0 Å². The normalized spacial score (nSPS) is 12.3. The Labute approximate surface area is 141 Å². The van der Waals surface area contributed by atoms with E-state index in [0.29, 0.717) is 31.1 Å². The van der Waals surface area contributed by atoms with Gasteiger partial charge in [-0.15, -0.1) is 24.0 Å². The molecule has 1 atom stereocenters. The highest BCUT2D eigenvalue weighted by Gasteiger charge is 2.09. The molecule has 1 unspecified atom stereocenters. The summed E-state index contributed by atoms with van der Waals surface area (Å²) in [5.41, 5.74) is 12.4. The largest absolute Gasteiger partial charge is 0.383 e. The van der Waals surface area contributed by atoms with Crippen LogP contribution in [0.1, 0.15) is 24.6 Å². The second kappa shape index (κ2) is 10.2. The fourth-order valence-corrected chi connectivity index (χ4v) is 1.74. The SMILES string of the molecule is COCC(C)NC(N)=NCCCc1[nH]nc(N)c1C#N.I. The maximum atomic E-state index is 8.92. The van der Waals surface area contributed by atoms with Gasteiger partial charge in [-0.25, -0.2) is 0 Å². The first-order valence-electron chi connectivity index (χ1n) is 6.36. The summed E-state index contributed by atoms with van der Waals surface area (Å²) in [6.07, 6.45) is 1.40. The monoisotopic (exact) mass is 407 g/mol. The van der Waals surface area contributed by atoms with E-state index < -0.39 is 0 Å². The molecule has 8 nitrogen and oxygen atoms in total. The van der Waals surface area contributed by atoms with Crippen molar-refractivity contribution in [2.24, 2.45) is 10.7 Å². The van der Waals surface area contributed by atoms with Crippen molar-refractivity contribution in [3.63, 3.8) is 0 Å². The van der Waals surface area contributed by atoms with Crippen LogP contribution in [0.2, 0.25) is 0 Å². The number of nitriles is 1. The highest BCUT2D eigenvalue weighted by Crippen LogP contribution is 2.13. The predicted molar refractivity (Wildman–Crippen MR) is 92.4 cm³/mol. The number of aryl methyl sites for hydroxylation is 1. The van der Waals surface area contributed by atoms with Gasteiger partial charge in [0.1, 0.15) is 11.6 Å². The molecule has 0 radical (unpaired) electrons. The number of ether oxygens (including phenoxy) is 1. The summed E-state index contributed by atoms with van der Waals surface area (Å²) in [5.74, 6) is 0.625. The number of hydrogen-bond acceptors (Lipinski definition) is 5. The molecular formula is C12H22IN7O. The number of nitrogens with zero attached hydrogens (tertiary/aromatic N) is 3. The quantitative estimate of drug-likeness (QED) is 0.223. The van der Waals surface area contributed by atoms with Crippen LogP contribution >= 0.6 is 24.0 Å². The molecule has 1 aromatic heterocycles. The average molecular weight is 407 g/mol. The first-order valence-corrected chi connectivity index (χ1v) is 6.36. The lowest BCUT2D eigenvalue weighted by Crippen LogP contribution is -2.40. The standard InChI is InChI=1S/C12H21N7O.HI/c1-8(7-20-2)17-12(15)16-5-3-4-10-9(6-13)11(14)19-18-10;/h8H,3-5,7H2,1-2H3,(H3,14,18,19)(H3,15,16,17);1H. The lowest BCUT2D eigenvalue weighted by atomic mass is 10.1. The molecule has 0 saturated carbocycles. The van der Waals surface area contributed by atoms with Gasteiger partial charge in [-0.05, 0) is 19.8 Å². The first kappa shape index (κ1) is 19.5. The van der Waals surface area contributed by atoms with Crippen molar-refractivity contribution in [3.8, 4) is 6.07 Å². The zero-order valence-electron chi connectivity index (χ0n) is 12.2. The van der Waals surface area contributed by atoms with E-state index in [0.717, 1.165) is 12.1 Å². The molecule has 0 fully saturated rings. The Kier molecular flexibility index (Phi) is 9.48. The number of H-pyrrole nitrogens is 1. The molecular weight excluding hydrogens is 385 g/mol. The first-order chi connectivity index (χ1) is 9.58. The van der Waals surface area contributed by atoms with Crippen molar-refractivity contribution < 1.29 is 4.74 Å². The number of nitrogens with two attached hydrogens (primary N) is 2. The minimum Gasteiger partial charge on any atom is -0.383 e. The number of methoxy groups -OCH3 is 1. The Bertz CT molecular complexity index is 494. The number of halogens is 1. The van der Waals surface area contributed by atoms with Crippen LogP contribution in [0.4, 0.5) is 5.82 Å². The van der Waals surface area contributed by atoms with E-state index in [1.54, 1.807) is 7.11 Å². The lowest BCUT2D eigenvalue weighted by molar-refractivity contribution is 0.179. The predicted octanol–water partition coefficient (Wildman–Crippen LogP) is 0.353. The zero-order chi connectivity index (χ0) is 15.0. The van der Waals surface area contributed by atoms with E-state index in [2.05, 4.69) is 20.5 Å². The van der Waals surface area contributed by atoms with Gasteiger partial charge in [0.05, 0.1) is 12.3 Å². The highest BCUT2D eigenvalue weighted by atomic mass is 127. The third kappa shape index (κ3) is 6.63. The Morgan fingerprint density at radius 1 is 1.62 bits per heavy atom. The van der Waals surface area contributed by atoms with Crippen LogP contribution < -0.4 is 16.8 Å². The van der Waals surface area contributed by atoms with Crippen LogP contribution in [-0.4, -0.2) is 42.5 Å². The summed E-state index contributed by atoms with van der Waals surface area (Å²) in [6.45, 7) is 3.08. The Morgan fingerprint density at radius 3 is 2.95 bits per heavy atom. The minimum absolute atomic E-state index is 0. The fourth-order valence-electron chi connectivity index (χ4n) is 1.74. The smallest absolute Gasteiger partial charge is 0.188 e. The van der Waals surface area contributed by atoms with Gasteiger partial charge in [0.15, 0.2) is 11.8 Å². The molecule has 118 valence electrons. The highest BCUT2D eigenvalue weighted by molar-refractivity contribution is 14.0. The van der Waals surface area contributed by atoms with E-state index in [9.17, 15) is 0 Å². The van der Waals surface area contributed by atoms with Crippen molar-refractivity contribution in [3.05, 3.63) is 11.3 Å². The lowest BCUT2D eigenvalue weighted by Gasteiger charge is -2.12. The van der Waals surface area contributed by atoms with Gasteiger partial charge < -0.3 is 21.5 Å². The van der Waals surface area contributed by atoms with Gasteiger partial charge in [-0.2, -0.15) is 10.4 Å². The Balaban J connectivity index is 0.00000400. The second-order valence-electron chi connectivity index (χ2n) is 4.45. The Morgan fingerprint density at radius 2 is 2.33 bits per heavy atom. The molecule has 21 heavy (non-hydrogen) atoms. The molecule has 0 saturated heterocycles. The maximum Gasteiger partial charge on any atom is 0.188 e. The van der Waals surface area contributed by atoms with Crippen LogP contribution in [0.25, 0.3) is 0 Å². The van der Waals surface area contributed by atoms with E-state index in [4.69, 9.17) is 21.5 Å². The van der Waals surface area contributed by atoms with Gasteiger partial charge in [0, 0.05) is 19.7 Å². The van der Waals surface area contributed by atoms with E-state index in [-0.39, 0.29) is 35.8 Å². The number of aromatic nitrogens is 2. The molecule has 6 N–H and O–H groups in total. The van der Waals surface area contributed by atoms with Gasteiger partial charge >= 0.3 is 0 Å². The molecule has 1 aromatic rings. The van der Waals surface area contributed by atoms with Crippen LogP contribution in [0.15, 0.2) is 4.99 Å². The third-order valence-corrected chi connectivity index (χ3v) is 2.66. The van der Waals surface area contributed by atoms with Crippen LogP contribution in [-0.2, 0) is 11.2 Å². The molecule has 1 rings (SSSR count). The molecule has 0 spiro atoms. The summed E-state index contributed by atoms with van der Waals surface area (Å²) in [7, 11) is 1.63.